The summed E-state index contributed by atoms with van der Waals surface area (Å²) in [5.41, 5.74) is 3.92. The lowest BCUT2D eigenvalue weighted by Crippen LogP contribution is -2.13. The van der Waals surface area contributed by atoms with E-state index in [2.05, 4.69) is 17.4 Å². The van der Waals surface area contributed by atoms with Crippen molar-refractivity contribution in [2.24, 2.45) is 0 Å². The summed E-state index contributed by atoms with van der Waals surface area (Å²) >= 11 is 0. The number of ether oxygens (including phenoxy) is 1. The van der Waals surface area contributed by atoms with Crippen LogP contribution in [0.4, 0.5) is 10.5 Å². The Bertz CT molecular complexity index is 753. The van der Waals surface area contributed by atoms with Gasteiger partial charge in [-0.25, -0.2) is 4.79 Å². The van der Waals surface area contributed by atoms with Gasteiger partial charge in [0.15, 0.2) is 0 Å². The highest BCUT2D eigenvalue weighted by molar-refractivity contribution is 5.85. The number of hydrogen-bond acceptors (Lipinski definition) is 2. The zero-order valence-corrected chi connectivity index (χ0v) is 12.6. The molecular formula is C20H17NO2. The van der Waals surface area contributed by atoms with Crippen LogP contribution in [0.1, 0.15) is 5.56 Å². The van der Waals surface area contributed by atoms with Crippen LogP contribution in [0.25, 0.3) is 11.1 Å². The minimum atomic E-state index is -0.457. The number of benzene rings is 3. The molecule has 1 N–H and O–H groups in total. The van der Waals surface area contributed by atoms with E-state index in [0.29, 0.717) is 5.69 Å². The van der Waals surface area contributed by atoms with E-state index in [1.807, 2.05) is 72.8 Å². The van der Waals surface area contributed by atoms with Crippen LogP contribution in [0.15, 0.2) is 84.9 Å². The minimum absolute atomic E-state index is 0.259. The predicted octanol–water partition coefficient (Wildman–Crippen LogP) is 5.10. The van der Waals surface area contributed by atoms with Gasteiger partial charge in [0.2, 0.25) is 0 Å². The summed E-state index contributed by atoms with van der Waals surface area (Å²) in [6, 6.07) is 27.4. The van der Waals surface area contributed by atoms with Crippen LogP contribution >= 0.6 is 0 Å². The Morgan fingerprint density at radius 1 is 0.739 bits per heavy atom. The maximum Gasteiger partial charge on any atom is 0.411 e. The molecule has 3 aromatic carbocycles. The van der Waals surface area contributed by atoms with Gasteiger partial charge in [-0.05, 0) is 28.8 Å². The summed E-state index contributed by atoms with van der Waals surface area (Å²) in [6.07, 6.45) is -0.457. The Morgan fingerprint density at radius 2 is 1.30 bits per heavy atom. The van der Waals surface area contributed by atoms with Crippen LogP contribution in [-0.4, -0.2) is 6.09 Å². The molecule has 0 bridgehead atoms. The summed E-state index contributed by atoms with van der Waals surface area (Å²) in [5.74, 6) is 0. The molecule has 3 aromatic rings. The molecule has 23 heavy (non-hydrogen) atoms. The predicted molar refractivity (Wildman–Crippen MR) is 92.1 cm³/mol. The van der Waals surface area contributed by atoms with Gasteiger partial charge in [-0.15, -0.1) is 0 Å². The largest absolute Gasteiger partial charge is 0.444 e. The first-order valence-corrected chi connectivity index (χ1v) is 7.44. The van der Waals surface area contributed by atoms with Crippen LogP contribution in [0.3, 0.4) is 0 Å². The van der Waals surface area contributed by atoms with Gasteiger partial charge in [-0.1, -0.05) is 72.8 Å². The summed E-state index contributed by atoms with van der Waals surface area (Å²) in [4.78, 5) is 11.8. The van der Waals surface area contributed by atoms with Crippen LogP contribution in [0.5, 0.6) is 0 Å². The van der Waals surface area contributed by atoms with Crippen LogP contribution < -0.4 is 5.32 Å². The van der Waals surface area contributed by atoms with Crippen molar-refractivity contribution in [3.05, 3.63) is 90.5 Å². The fourth-order valence-electron chi connectivity index (χ4n) is 2.25. The Balaban J connectivity index is 1.57. The van der Waals surface area contributed by atoms with Crippen molar-refractivity contribution in [1.82, 2.24) is 0 Å². The maximum atomic E-state index is 11.8. The van der Waals surface area contributed by atoms with Gasteiger partial charge in [0.25, 0.3) is 0 Å². The molecule has 0 fully saturated rings. The maximum absolute atomic E-state index is 11.8. The molecule has 0 atom stereocenters. The second-order valence-corrected chi connectivity index (χ2v) is 5.13. The lowest BCUT2D eigenvalue weighted by Gasteiger charge is -2.08. The van der Waals surface area contributed by atoms with E-state index in [1.165, 1.54) is 0 Å². The van der Waals surface area contributed by atoms with Gasteiger partial charge in [0.1, 0.15) is 6.61 Å². The number of nitrogens with one attached hydrogen (secondary N) is 1. The van der Waals surface area contributed by atoms with Gasteiger partial charge < -0.3 is 4.74 Å². The molecule has 0 aliphatic heterocycles. The van der Waals surface area contributed by atoms with Crippen LogP contribution in [0, 0.1) is 0 Å². The molecule has 0 unspecified atom stereocenters. The molecule has 0 spiro atoms. The second-order valence-electron chi connectivity index (χ2n) is 5.13. The summed E-state index contributed by atoms with van der Waals surface area (Å²) in [6.45, 7) is 0.259. The highest BCUT2D eigenvalue weighted by Gasteiger charge is 2.04. The number of carbonyl (C=O) groups is 1. The van der Waals surface area contributed by atoms with Crippen molar-refractivity contribution < 1.29 is 9.53 Å². The van der Waals surface area contributed by atoms with Gasteiger partial charge in [0.05, 0.1) is 0 Å². The van der Waals surface area contributed by atoms with Crippen molar-refractivity contribution >= 4 is 11.8 Å². The van der Waals surface area contributed by atoms with Crippen LogP contribution in [-0.2, 0) is 11.3 Å². The van der Waals surface area contributed by atoms with Crippen molar-refractivity contribution in [1.29, 1.82) is 0 Å². The topological polar surface area (TPSA) is 38.3 Å². The van der Waals surface area contributed by atoms with Gasteiger partial charge in [-0.2, -0.15) is 0 Å². The minimum Gasteiger partial charge on any atom is -0.444 e. The standard InChI is InChI=1S/C20H17NO2/c22-20(23-15-16-7-3-1-4-8-16)21-19-13-11-18(12-14-19)17-9-5-2-6-10-17/h1-14H,15H2,(H,21,22). The summed E-state index contributed by atoms with van der Waals surface area (Å²) in [5, 5.41) is 2.73. The molecule has 1 amide bonds. The monoisotopic (exact) mass is 303 g/mol. The van der Waals surface area contributed by atoms with E-state index in [4.69, 9.17) is 4.74 Å². The number of amides is 1. The zero-order chi connectivity index (χ0) is 15.9. The zero-order valence-electron chi connectivity index (χ0n) is 12.6. The molecule has 114 valence electrons. The van der Waals surface area contributed by atoms with Crippen molar-refractivity contribution in [2.45, 2.75) is 6.61 Å². The van der Waals surface area contributed by atoms with Gasteiger partial charge >= 0.3 is 6.09 Å². The van der Waals surface area contributed by atoms with E-state index >= 15 is 0 Å². The molecule has 0 radical (unpaired) electrons. The van der Waals surface area contributed by atoms with Gasteiger partial charge in [-0.3, -0.25) is 5.32 Å². The third kappa shape index (κ3) is 4.20. The summed E-state index contributed by atoms with van der Waals surface area (Å²) < 4.78 is 5.20. The van der Waals surface area contributed by atoms with E-state index in [1.54, 1.807) is 0 Å². The van der Waals surface area contributed by atoms with Crippen molar-refractivity contribution in [2.75, 3.05) is 5.32 Å². The van der Waals surface area contributed by atoms with E-state index in [9.17, 15) is 4.79 Å². The normalized spacial score (nSPS) is 10.1. The SMILES string of the molecule is O=C(Nc1ccc(-c2ccccc2)cc1)OCc1ccccc1. The molecule has 3 heteroatoms. The van der Waals surface area contributed by atoms with E-state index in [0.717, 1.165) is 16.7 Å². The molecule has 0 aliphatic rings. The van der Waals surface area contributed by atoms with E-state index < -0.39 is 6.09 Å². The Kier molecular flexibility index (Phi) is 4.69. The first-order valence-electron chi connectivity index (χ1n) is 7.44. The number of hydrogen-bond donors (Lipinski definition) is 1. The van der Waals surface area contributed by atoms with E-state index in [-0.39, 0.29) is 6.61 Å². The lowest BCUT2D eigenvalue weighted by atomic mass is 10.1. The fourth-order valence-corrected chi connectivity index (χ4v) is 2.25. The Labute approximate surface area is 135 Å². The Hall–Kier alpha value is -3.07. The quantitative estimate of drug-likeness (QED) is 0.728. The molecule has 3 rings (SSSR count). The third-order valence-corrected chi connectivity index (χ3v) is 3.45. The molecular weight excluding hydrogens is 286 g/mol. The van der Waals surface area contributed by atoms with Crippen molar-refractivity contribution in [3.63, 3.8) is 0 Å². The lowest BCUT2D eigenvalue weighted by molar-refractivity contribution is 0.155. The molecule has 0 heterocycles. The molecule has 0 aliphatic carbocycles. The highest BCUT2D eigenvalue weighted by atomic mass is 16.5. The molecule has 0 saturated carbocycles. The number of carbonyl (C=O) groups excluding carboxylic acids is 1. The van der Waals surface area contributed by atoms with Crippen molar-refractivity contribution in [3.8, 4) is 11.1 Å². The number of rotatable bonds is 4. The first-order chi connectivity index (χ1) is 11.3. The smallest absolute Gasteiger partial charge is 0.411 e. The second kappa shape index (κ2) is 7.27. The number of anilines is 1. The average molecular weight is 303 g/mol. The van der Waals surface area contributed by atoms with Crippen LogP contribution in [0.2, 0.25) is 0 Å². The fraction of sp³-hybridized carbons (Fsp3) is 0.0500. The summed E-state index contributed by atoms with van der Waals surface area (Å²) in [7, 11) is 0. The highest BCUT2D eigenvalue weighted by Crippen LogP contribution is 2.21. The molecule has 0 aromatic heterocycles. The van der Waals surface area contributed by atoms with Gasteiger partial charge in [0, 0.05) is 5.69 Å². The molecule has 3 nitrogen and oxygen atoms in total. The third-order valence-electron chi connectivity index (χ3n) is 3.45. The first kappa shape index (κ1) is 14.9. The average Bonchev–Trinajstić information content (AvgIpc) is 2.62. The molecule has 0 saturated heterocycles. The Morgan fingerprint density at radius 3 is 1.96 bits per heavy atom.